The lowest BCUT2D eigenvalue weighted by Crippen LogP contribution is -2.74. The highest BCUT2D eigenvalue weighted by Crippen LogP contribution is 2.77. The second-order valence-corrected chi connectivity index (χ2v) is 10.5. The molecular formula is C22H35NO4. The standard InChI is InChI=1S/C22H35NO4/c1-4-23-10-11-5-6-17(27-3)22-13(11)8-15(20(22)23)21(25)9-16(26-2)12-7-14(22)18(21)19(12)24/h11-20,24-25H,4-10H2,1-3H3/t11-,12+,13?,14?,15?,16-,17?,18?,19?,20+,21-,22?/m0/s1. The van der Waals surface area contributed by atoms with Crippen LogP contribution in [0.2, 0.25) is 0 Å². The molecule has 6 fully saturated rings. The highest BCUT2D eigenvalue weighted by molar-refractivity contribution is 5.31. The number of aliphatic hydroxyl groups excluding tert-OH is 1. The van der Waals surface area contributed by atoms with Crippen molar-refractivity contribution >= 4 is 0 Å². The topological polar surface area (TPSA) is 62.2 Å². The largest absolute Gasteiger partial charge is 0.392 e. The van der Waals surface area contributed by atoms with Gasteiger partial charge in [0.25, 0.3) is 0 Å². The number of piperidine rings is 1. The summed E-state index contributed by atoms with van der Waals surface area (Å²) in [6, 6.07) is 0.404. The van der Waals surface area contributed by atoms with Crippen molar-refractivity contribution in [1.82, 2.24) is 4.90 Å². The van der Waals surface area contributed by atoms with Gasteiger partial charge in [0, 0.05) is 56.4 Å². The highest BCUT2D eigenvalue weighted by Gasteiger charge is 2.81. The number of methoxy groups -OCH3 is 2. The summed E-state index contributed by atoms with van der Waals surface area (Å²) in [5.74, 6) is 2.17. The van der Waals surface area contributed by atoms with Crippen LogP contribution in [0.1, 0.15) is 39.0 Å². The number of hydrogen-bond donors (Lipinski definition) is 2. The Bertz CT molecular complexity index is 644. The second-order valence-electron chi connectivity index (χ2n) is 10.5. The monoisotopic (exact) mass is 377 g/mol. The van der Waals surface area contributed by atoms with Gasteiger partial charge in [0.15, 0.2) is 0 Å². The Morgan fingerprint density at radius 2 is 1.89 bits per heavy atom. The Kier molecular flexibility index (Phi) is 3.58. The van der Waals surface area contributed by atoms with Crippen molar-refractivity contribution in [3.8, 4) is 0 Å². The fourth-order valence-electron chi connectivity index (χ4n) is 9.96. The van der Waals surface area contributed by atoms with Gasteiger partial charge in [-0.15, -0.1) is 0 Å². The smallest absolute Gasteiger partial charge is 0.0771 e. The van der Waals surface area contributed by atoms with E-state index in [1.54, 1.807) is 7.11 Å². The number of likely N-dealkylation sites (tertiary alicyclic amines) is 1. The molecule has 0 radical (unpaired) electrons. The molecule has 1 saturated heterocycles. The van der Waals surface area contributed by atoms with E-state index >= 15 is 0 Å². The molecule has 2 N–H and O–H groups in total. The molecule has 6 rings (SSSR count). The summed E-state index contributed by atoms with van der Waals surface area (Å²) in [7, 11) is 3.65. The van der Waals surface area contributed by atoms with Gasteiger partial charge in [-0.2, -0.15) is 0 Å². The van der Waals surface area contributed by atoms with E-state index in [9.17, 15) is 10.2 Å². The molecule has 5 saturated carbocycles. The summed E-state index contributed by atoms with van der Waals surface area (Å²) in [5, 5.41) is 23.5. The van der Waals surface area contributed by atoms with Crippen molar-refractivity contribution in [3.63, 3.8) is 0 Å². The summed E-state index contributed by atoms with van der Waals surface area (Å²) < 4.78 is 12.1. The van der Waals surface area contributed by atoms with E-state index in [4.69, 9.17) is 9.47 Å². The number of aliphatic hydroxyl groups is 2. The third-order valence-electron chi connectivity index (χ3n) is 10.5. The zero-order chi connectivity index (χ0) is 18.7. The van der Waals surface area contributed by atoms with Crippen LogP contribution in [0, 0.1) is 40.9 Å². The SMILES string of the molecule is CCN1C[C@@H]2CCC(OC)C34C5C[C@H]6C(O)C5[C@](O)(C[C@@H]6OC)C(CC23)[C@@H]14. The van der Waals surface area contributed by atoms with Gasteiger partial charge in [0.1, 0.15) is 0 Å². The Balaban J connectivity index is 1.57. The lowest BCUT2D eigenvalue weighted by molar-refractivity contribution is -0.259. The highest BCUT2D eigenvalue weighted by atomic mass is 16.5. The van der Waals surface area contributed by atoms with Crippen molar-refractivity contribution in [2.45, 2.75) is 69.0 Å². The lowest BCUT2D eigenvalue weighted by atomic mass is 9.46. The molecule has 1 heterocycles. The molecule has 6 aliphatic rings. The molecule has 27 heavy (non-hydrogen) atoms. The summed E-state index contributed by atoms with van der Waals surface area (Å²) in [6.07, 6.45) is 5.04. The summed E-state index contributed by atoms with van der Waals surface area (Å²) in [4.78, 5) is 2.69. The minimum absolute atomic E-state index is 0.00774. The van der Waals surface area contributed by atoms with Gasteiger partial charge in [-0.25, -0.2) is 0 Å². The first-order valence-electron chi connectivity index (χ1n) is 11.2. The van der Waals surface area contributed by atoms with Gasteiger partial charge in [0.05, 0.1) is 23.9 Å². The molecule has 1 aliphatic heterocycles. The Labute approximate surface area is 162 Å². The molecule has 5 aliphatic carbocycles. The minimum atomic E-state index is -0.786. The first-order chi connectivity index (χ1) is 13.0. The van der Waals surface area contributed by atoms with E-state index < -0.39 is 11.7 Å². The maximum atomic E-state index is 12.2. The molecule has 1 spiro atoms. The average Bonchev–Trinajstić information content (AvgIpc) is 3.06. The third-order valence-corrected chi connectivity index (χ3v) is 10.5. The zero-order valence-electron chi connectivity index (χ0n) is 16.9. The average molecular weight is 378 g/mol. The van der Waals surface area contributed by atoms with Crippen LogP contribution in [0.4, 0.5) is 0 Å². The minimum Gasteiger partial charge on any atom is -0.392 e. The van der Waals surface area contributed by atoms with E-state index in [-0.39, 0.29) is 35.4 Å². The fourth-order valence-corrected chi connectivity index (χ4v) is 9.96. The fraction of sp³-hybridized carbons (Fsp3) is 1.00. The number of nitrogens with zero attached hydrogens (tertiary/aromatic N) is 1. The quantitative estimate of drug-likeness (QED) is 0.781. The molecule has 0 aromatic rings. The molecule has 5 nitrogen and oxygen atoms in total. The van der Waals surface area contributed by atoms with Gasteiger partial charge < -0.3 is 19.7 Å². The Morgan fingerprint density at radius 1 is 1.07 bits per heavy atom. The first-order valence-corrected chi connectivity index (χ1v) is 11.2. The molecule has 0 amide bonds. The van der Waals surface area contributed by atoms with Crippen LogP contribution in [0.3, 0.4) is 0 Å². The van der Waals surface area contributed by atoms with Crippen LogP contribution in [0.25, 0.3) is 0 Å². The van der Waals surface area contributed by atoms with Crippen molar-refractivity contribution in [1.29, 1.82) is 0 Å². The molecule has 7 bridgehead atoms. The van der Waals surface area contributed by atoms with Gasteiger partial charge in [-0.1, -0.05) is 6.92 Å². The molecular weight excluding hydrogens is 342 g/mol. The molecule has 5 heteroatoms. The van der Waals surface area contributed by atoms with E-state index in [0.29, 0.717) is 24.3 Å². The van der Waals surface area contributed by atoms with Gasteiger partial charge >= 0.3 is 0 Å². The summed E-state index contributed by atoms with van der Waals surface area (Å²) in [6.45, 7) is 4.52. The van der Waals surface area contributed by atoms with Gasteiger partial charge in [-0.05, 0) is 50.0 Å². The van der Waals surface area contributed by atoms with Crippen molar-refractivity contribution in [3.05, 3.63) is 0 Å². The lowest BCUT2D eigenvalue weighted by Gasteiger charge is -2.67. The summed E-state index contributed by atoms with van der Waals surface area (Å²) in [5.41, 5.74) is -0.669. The maximum Gasteiger partial charge on any atom is 0.0771 e. The zero-order valence-corrected chi connectivity index (χ0v) is 16.9. The van der Waals surface area contributed by atoms with Gasteiger partial charge in [-0.3, -0.25) is 4.90 Å². The van der Waals surface area contributed by atoms with Crippen LogP contribution >= 0.6 is 0 Å². The molecule has 0 aromatic carbocycles. The predicted octanol–water partition coefficient (Wildman–Crippen LogP) is 1.51. The molecule has 0 aromatic heterocycles. The normalized spacial score (nSPS) is 63.4. The maximum absolute atomic E-state index is 12.2. The molecule has 152 valence electrons. The van der Waals surface area contributed by atoms with Gasteiger partial charge in [0.2, 0.25) is 0 Å². The van der Waals surface area contributed by atoms with E-state index in [2.05, 4.69) is 11.8 Å². The number of ether oxygens (including phenoxy) is 2. The van der Waals surface area contributed by atoms with Crippen LogP contribution in [-0.4, -0.2) is 72.4 Å². The second kappa shape index (κ2) is 5.48. The van der Waals surface area contributed by atoms with Crippen molar-refractivity contribution in [2.24, 2.45) is 40.9 Å². The Hall–Kier alpha value is -0.200. The van der Waals surface area contributed by atoms with Crippen LogP contribution < -0.4 is 0 Å². The van der Waals surface area contributed by atoms with E-state index in [0.717, 1.165) is 31.7 Å². The number of fused-ring (bicyclic) bond motifs is 2. The van der Waals surface area contributed by atoms with E-state index in [1.807, 2.05) is 7.11 Å². The van der Waals surface area contributed by atoms with Crippen molar-refractivity contribution < 1.29 is 19.7 Å². The van der Waals surface area contributed by atoms with Crippen LogP contribution in [-0.2, 0) is 9.47 Å². The number of rotatable bonds is 3. The molecule has 7 unspecified atom stereocenters. The first kappa shape index (κ1) is 17.6. The van der Waals surface area contributed by atoms with Crippen LogP contribution in [0.15, 0.2) is 0 Å². The third kappa shape index (κ3) is 1.73. The van der Waals surface area contributed by atoms with Crippen LogP contribution in [0.5, 0.6) is 0 Å². The van der Waals surface area contributed by atoms with E-state index in [1.165, 1.54) is 13.0 Å². The van der Waals surface area contributed by atoms with Crippen molar-refractivity contribution in [2.75, 3.05) is 27.3 Å². The predicted molar refractivity (Wildman–Crippen MR) is 100 cm³/mol. The number of hydrogen-bond acceptors (Lipinski definition) is 5. The Morgan fingerprint density at radius 3 is 2.59 bits per heavy atom. The molecule has 12 atom stereocenters. The summed E-state index contributed by atoms with van der Waals surface area (Å²) >= 11 is 0.